The number of rotatable bonds is 6. The summed E-state index contributed by atoms with van der Waals surface area (Å²) < 4.78 is 6.08. The fourth-order valence-electron chi connectivity index (χ4n) is 4.32. The molecule has 0 unspecified atom stereocenters. The molecule has 1 aliphatic heterocycles. The first-order valence-corrected chi connectivity index (χ1v) is 12.0. The van der Waals surface area contributed by atoms with E-state index in [1.807, 2.05) is 16.3 Å². The van der Waals surface area contributed by atoms with Gasteiger partial charge in [0.25, 0.3) is 5.91 Å². The van der Waals surface area contributed by atoms with E-state index in [9.17, 15) is 4.79 Å². The molecule has 0 N–H and O–H groups in total. The molecule has 4 heteroatoms. The molecule has 0 radical (unpaired) electrons. The van der Waals surface area contributed by atoms with Gasteiger partial charge >= 0.3 is 0 Å². The minimum Gasteiger partial charge on any atom is -0.489 e. The summed E-state index contributed by atoms with van der Waals surface area (Å²) in [5, 5.41) is 2.05. The molecule has 0 atom stereocenters. The van der Waals surface area contributed by atoms with Crippen molar-refractivity contribution in [1.29, 1.82) is 0 Å². The number of thiophene rings is 1. The molecule has 0 bridgehead atoms. The predicted molar refractivity (Wildman–Crippen MR) is 128 cm³/mol. The van der Waals surface area contributed by atoms with E-state index in [1.54, 1.807) is 0 Å². The molecular weight excluding hydrogens is 402 g/mol. The molecule has 0 saturated carbocycles. The Labute approximate surface area is 189 Å². The van der Waals surface area contributed by atoms with Crippen LogP contribution in [0, 0.1) is 26.7 Å². The summed E-state index contributed by atoms with van der Waals surface area (Å²) in [4.78, 5) is 15.8. The van der Waals surface area contributed by atoms with Gasteiger partial charge in [-0.25, -0.2) is 0 Å². The van der Waals surface area contributed by atoms with Gasteiger partial charge in [-0.2, -0.15) is 0 Å². The zero-order valence-electron chi connectivity index (χ0n) is 18.7. The number of ether oxygens (including phenoxy) is 1. The van der Waals surface area contributed by atoms with E-state index >= 15 is 0 Å². The molecule has 3 nitrogen and oxygen atoms in total. The smallest absolute Gasteiger partial charge is 0.263 e. The SMILES string of the molecule is Cc1cc(C)c(C)c(OCc2csc(C(=O)N3CCC(Cc4ccccc4)CC3)c2)c1. The number of benzene rings is 2. The van der Waals surface area contributed by atoms with Crippen LogP contribution in [0.2, 0.25) is 0 Å². The van der Waals surface area contributed by atoms with Crippen molar-refractivity contribution < 1.29 is 9.53 Å². The van der Waals surface area contributed by atoms with Crippen LogP contribution in [0.5, 0.6) is 5.75 Å². The standard InChI is InChI=1S/C27H31NO2S/c1-19-13-20(2)21(3)25(14-19)30-17-24-16-26(31-18-24)27(29)28-11-9-23(10-12-28)15-22-7-5-4-6-8-22/h4-8,13-14,16,18,23H,9-12,15,17H2,1-3H3. The zero-order valence-corrected chi connectivity index (χ0v) is 19.5. The zero-order chi connectivity index (χ0) is 21.8. The second kappa shape index (κ2) is 9.69. The topological polar surface area (TPSA) is 29.5 Å². The van der Waals surface area contributed by atoms with Crippen LogP contribution in [0.25, 0.3) is 0 Å². The summed E-state index contributed by atoms with van der Waals surface area (Å²) in [5.74, 6) is 1.76. The maximum atomic E-state index is 13.0. The third kappa shape index (κ3) is 5.37. The first-order chi connectivity index (χ1) is 15.0. The molecule has 3 aromatic rings. The Hall–Kier alpha value is -2.59. The van der Waals surface area contributed by atoms with Gasteiger partial charge in [0.05, 0.1) is 4.88 Å². The minimum absolute atomic E-state index is 0.164. The Morgan fingerprint density at radius 3 is 2.52 bits per heavy atom. The number of nitrogens with zero attached hydrogens (tertiary/aromatic N) is 1. The first-order valence-electron chi connectivity index (χ1n) is 11.1. The quantitative estimate of drug-likeness (QED) is 0.453. The number of piperidine rings is 1. The maximum Gasteiger partial charge on any atom is 0.263 e. The van der Waals surface area contributed by atoms with Gasteiger partial charge < -0.3 is 9.64 Å². The Morgan fingerprint density at radius 1 is 1.03 bits per heavy atom. The molecule has 162 valence electrons. The molecule has 1 amide bonds. The number of amides is 1. The highest BCUT2D eigenvalue weighted by Gasteiger charge is 2.24. The lowest BCUT2D eigenvalue weighted by Gasteiger charge is -2.31. The van der Waals surface area contributed by atoms with E-state index in [0.29, 0.717) is 12.5 Å². The lowest BCUT2D eigenvalue weighted by atomic mass is 9.90. The van der Waals surface area contributed by atoms with Gasteiger partial charge in [-0.3, -0.25) is 4.79 Å². The molecule has 1 aromatic heterocycles. The lowest BCUT2D eigenvalue weighted by molar-refractivity contribution is 0.0695. The van der Waals surface area contributed by atoms with E-state index in [0.717, 1.165) is 48.5 Å². The van der Waals surface area contributed by atoms with Crippen molar-refractivity contribution in [3.8, 4) is 5.75 Å². The van der Waals surface area contributed by atoms with E-state index in [4.69, 9.17) is 4.74 Å². The van der Waals surface area contributed by atoms with Gasteiger partial charge in [-0.05, 0) is 85.7 Å². The molecular formula is C27H31NO2S. The Bertz CT molecular complexity index is 1030. The number of carbonyl (C=O) groups is 1. The van der Waals surface area contributed by atoms with E-state index in [1.165, 1.54) is 33.6 Å². The fourth-order valence-corrected chi connectivity index (χ4v) is 5.18. The summed E-state index contributed by atoms with van der Waals surface area (Å²) in [6.45, 7) is 8.48. The van der Waals surface area contributed by atoms with Gasteiger partial charge in [0.1, 0.15) is 12.4 Å². The van der Waals surface area contributed by atoms with Crippen LogP contribution in [0.1, 0.15) is 50.3 Å². The highest BCUT2D eigenvalue weighted by Crippen LogP contribution is 2.27. The van der Waals surface area contributed by atoms with Crippen molar-refractivity contribution in [2.45, 2.75) is 46.6 Å². The molecule has 2 heterocycles. The van der Waals surface area contributed by atoms with Crippen LogP contribution in [-0.2, 0) is 13.0 Å². The molecule has 0 spiro atoms. The number of hydrogen-bond acceptors (Lipinski definition) is 3. The maximum absolute atomic E-state index is 13.0. The summed E-state index contributed by atoms with van der Waals surface area (Å²) in [7, 11) is 0. The average Bonchev–Trinajstić information content (AvgIpc) is 3.25. The van der Waals surface area contributed by atoms with E-state index < -0.39 is 0 Å². The highest BCUT2D eigenvalue weighted by molar-refractivity contribution is 7.12. The van der Waals surface area contributed by atoms with E-state index in [2.05, 4.69) is 63.2 Å². The summed E-state index contributed by atoms with van der Waals surface area (Å²) in [6, 6.07) is 16.9. The number of hydrogen-bond donors (Lipinski definition) is 0. The Morgan fingerprint density at radius 2 is 1.77 bits per heavy atom. The predicted octanol–water partition coefficient (Wildman–Crippen LogP) is 6.35. The highest BCUT2D eigenvalue weighted by atomic mass is 32.1. The second-order valence-electron chi connectivity index (χ2n) is 8.74. The Balaban J connectivity index is 1.30. The van der Waals surface area contributed by atoms with Gasteiger partial charge in [-0.1, -0.05) is 36.4 Å². The van der Waals surface area contributed by atoms with E-state index in [-0.39, 0.29) is 5.91 Å². The fraction of sp³-hybridized carbons (Fsp3) is 0.370. The van der Waals surface area contributed by atoms with Crippen molar-refractivity contribution >= 4 is 17.2 Å². The summed E-state index contributed by atoms with van der Waals surface area (Å²) >= 11 is 1.53. The minimum atomic E-state index is 0.164. The average molecular weight is 434 g/mol. The van der Waals surface area contributed by atoms with Crippen molar-refractivity contribution in [2.24, 2.45) is 5.92 Å². The van der Waals surface area contributed by atoms with Gasteiger partial charge in [0, 0.05) is 18.7 Å². The van der Waals surface area contributed by atoms with Gasteiger partial charge in [0.15, 0.2) is 0 Å². The molecule has 0 aliphatic carbocycles. The van der Waals surface area contributed by atoms with Crippen LogP contribution in [0.15, 0.2) is 53.9 Å². The summed E-state index contributed by atoms with van der Waals surface area (Å²) in [5.41, 5.74) is 6.08. The molecule has 31 heavy (non-hydrogen) atoms. The second-order valence-corrected chi connectivity index (χ2v) is 9.65. The Kier molecular flexibility index (Phi) is 6.77. The molecule has 1 aliphatic rings. The van der Waals surface area contributed by atoms with Gasteiger partial charge in [-0.15, -0.1) is 11.3 Å². The largest absolute Gasteiger partial charge is 0.489 e. The molecule has 4 rings (SSSR count). The van der Waals surface area contributed by atoms with Crippen molar-refractivity contribution in [2.75, 3.05) is 13.1 Å². The van der Waals surface area contributed by atoms with Crippen LogP contribution >= 0.6 is 11.3 Å². The first kappa shape index (κ1) is 21.6. The van der Waals surface area contributed by atoms with Crippen molar-refractivity contribution in [1.82, 2.24) is 4.90 Å². The molecule has 1 fully saturated rings. The third-order valence-electron chi connectivity index (χ3n) is 6.29. The van der Waals surface area contributed by atoms with Crippen LogP contribution in [0.3, 0.4) is 0 Å². The third-order valence-corrected chi connectivity index (χ3v) is 7.26. The molecule has 1 saturated heterocycles. The lowest BCUT2D eigenvalue weighted by Crippen LogP contribution is -2.38. The van der Waals surface area contributed by atoms with Crippen molar-refractivity contribution in [3.05, 3.63) is 86.6 Å². The monoisotopic (exact) mass is 433 g/mol. The normalized spacial score (nSPS) is 14.6. The molecule has 2 aromatic carbocycles. The van der Waals surface area contributed by atoms with Crippen LogP contribution < -0.4 is 4.74 Å². The summed E-state index contributed by atoms with van der Waals surface area (Å²) in [6.07, 6.45) is 3.27. The van der Waals surface area contributed by atoms with Crippen molar-refractivity contribution in [3.63, 3.8) is 0 Å². The number of likely N-dealkylation sites (tertiary alicyclic amines) is 1. The number of aryl methyl sites for hydroxylation is 2. The van der Waals surface area contributed by atoms with Crippen LogP contribution in [-0.4, -0.2) is 23.9 Å². The van der Waals surface area contributed by atoms with Crippen LogP contribution in [0.4, 0.5) is 0 Å². The van der Waals surface area contributed by atoms with Gasteiger partial charge in [0.2, 0.25) is 0 Å². The number of carbonyl (C=O) groups excluding carboxylic acids is 1.